The van der Waals surface area contributed by atoms with Crippen LogP contribution < -0.4 is 4.74 Å². The fraction of sp³-hybridized carbons (Fsp3) is 0.500. The molecule has 0 bridgehead atoms. The monoisotopic (exact) mass is 234 g/mol. The van der Waals surface area contributed by atoms with Crippen LogP contribution in [0.4, 0.5) is 0 Å². The van der Waals surface area contributed by atoms with Gasteiger partial charge in [-0.2, -0.15) is 0 Å². The highest BCUT2D eigenvalue weighted by Gasteiger charge is 2.32. The fourth-order valence-electron chi connectivity index (χ4n) is 2.08. The molecule has 0 N–H and O–H groups in total. The molecule has 2 rings (SSSR count). The van der Waals surface area contributed by atoms with E-state index in [0.717, 1.165) is 12.0 Å². The van der Waals surface area contributed by atoms with E-state index in [0.29, 0.717) is 24.3 Å². The van der Waals surface area contributed by atoms with Gasteiger partial charge < -0.3 is 9.47 Å². The van der Waals surface area contributed by atoms with Crippen molar-refractivity contribution < 1.29 is 14.3 Å². The zero-order valence-electron chi connectivity index (χ0n) is 10.6. The molecule has 3 heteroatoms. The summed E-state index contributed by atoms with van der Waals surface area (Å²) in [6, 6.07) is 5.80. The Hall–Kier alpha value is -1.35. The molecule has 1 aliphatic heterocycles. The molecule has 17 heavy (non-hydrogen) atoms. The van der Waals surface area contributed by atoms with E-state index in [1.165, 1.54) is 0 Å². The Kier molecular flexibility index (Phi) is 3.20. The summed E-state index contributed by atoms with van der Waals surface area (Å²) >= 11 is 0. The Morgan fingerprint density at radius 1 is 1.41 bits per heavy atom. The molecule has 0 atom stereocenters. The van der Waals surface area contributed by atoms with E-state index in [-0.39, 0.29) is 5.78 Å². The van der Waals surface area contributed by atoms with Crippen molar-refractivity contribution in [2.24, 2.45) is 0 Å². The first-order valence-corrected chi connectivity index (χ1v) is 5.86. The first kappa shape index (κ1) is 12.1. The number of fused-ring (bicyclic) bond motifs is 1. The van der Waals surface area contributed by atoms with Gasteiger partial charge in [0.25, 0.3) is 0 Å². The summed E-state index contributed by atoms with van der Waals surface area (Å²) in [5.41, 5.74) is 1.43. The summed E-state index contributed by atoms with van der Waals surface area (Å²) in [5, 5.41) is 0. The number of carbonyl (C=O) groups excluding carboxylic acids is 1. The maximum Gasteiger partial charge on any atom is 0.170 e. The average Bonchev–Trinajstić information content (AvgIpc) is 2.25. The smallest absolute Gasteiger partial charge is 0.170 e. The highest BCUT2D eigenvalue weighted by Crippen LogP contribution is 2.33. The Balaban J connectivity index is 2.27. The van der Waals surface area contributed by atoms with Gasteiger partial charge in [0.2, 0.25) is 0 Å². The van der Waals surface area contributed by atoms with Crippen LogP contribution in [0.2, 0.25) is 0 Å². The van der Waals surface area contributed by atoms with Gasteiger partial charge in [0.15, 0.2) is 5.78 Å². The lowest BCUT2D eigenvalue weighted by molar-refractivity contribution is 0.0619. The summed E-state index contributed by atoms with van der Waals surface area (Å²) in [6.45, 7) is 4.54. The van der Waals surface area contributed by atoms with Crippen molar-refractivity contribution in [2.45, 2.75) is 32.3 Å². The molecule has 1 aliphatic rings. The molecule has 3 nitrogen and oxygen atoms in total. The van der Waals surface area contributed by atoms with Gasteiger partial charge in [-0.15, -0.1) is 0 Å². The van der Waals surface area contributed by atoms with E-state index in [2.05, 4.69) is 0 Å². The number of rotatable bonds is 3. The zero-order valence-corrected chi connectivity index (χ0v) is 10.6. The van der Waals surface area contributed by atoms with Gasteiger partial charge in [0.05, 0.1) is 18.6 Å². The summed E-state index contributed by atoms with van der Waals surface area (Å²) in [7, 11) is 1.68. The maximum atomic E-state index is 12.0. The van der Waals surface area contributed by atoms with Crippen LogP contribution in [0.1, 0.15) is 36.2 Å². The third kappa shape index (κ3) is 2.67. The molecule has 0 fully saturated rings. The normalized spacial score (nSPS) is 17.5. The average molecular weight is 234 g/mol. The van der Waals surface area contributed by atoms with Gasteiger partial charge in [-0.05, 0) is 38.0 Å². The summed E-state index contributed by atoms with van der Waals surface area (Å²) < 4.78 is 10.8. The standard InChI is InChI=1S/C14H18O3/c1-14(2)9-12(15)11-8-10(6-7-16-3)4-5-13(11)17-14/h4-5,8H,6-7,9H2,1-3H3. The molecule has 0 saturated carbocycles. The largest absolute Gasteiger partial charge is 0.487 e. The minimum atomic E-state index is -0.391. The van der Waals surface area contributed by atoms with Crippen LogP contribution in [-0.2, 0) is 11.2 Å². The number of benzene rings is 1. The predicted molar refractivity (Wildman–Crippen MR) is 65.7 cm³/mol. The van der Waals surface area contributed by atoms with Crippen LogP contribution in [0.15, 0.2) is 18.2 Å². The van der Waals surface area contributed by atoms with Crippen molar-refractivity contribution in [3.05, 3.63) is 29.3 Å². The van der Waals surface area contributed by atoms with E-state index < -0.39 is 5.60 Å². The molecule has 1 aromatic carbocycles. The van der Waals surface area contributed by atoms with Crippen LogP contribution in [-0.4, -0.2) is 25.1 Å². The second-order valence-electron chi connectivity index (χ2n) is 5.04. The molecular weight excluding hydrogens is 216 g/mol. The van der Waals surface area contributed by atoms with E-state index >= 15 is 0 Å². The van der Waals surface area contributed by atoms with Crippen LogP contribution >= 0.6 is 0 Å². The number of hydrogen-bond donors (Lipinski definition) is 0. The molecule has 1 aromatic rings. The second-order valence-corrected chi connectivity index (χ2v) is 5.04. The Labute approximate surface area is 102 Å². The highest BCUT2D eigenvalue weighted by molar-refractivity contribution is 6.00. The van der Waals surface area contributed by atoms with E-state index in [9.17, 15) is 4.79 Å². The number of carbonyl (C=O) groups is 1. The molecule has 0 saturated heterocycles. The van der Waals surface area contributed by atoms with Gasteiger partial charge in [-0.25, -0.2) is 0 Å². The molecule has 0 spiro atoms. The van der Waals surface area contributed by atoms with Crippen molar-refractivity contribution in [3.63, 3.8) is 0 Å². The van der Waals surface area contributed by atoms with E-state index in [1.54, 1.807) is 7.11 Å². The zero-order chi connectivity index (χ0) is 12.5. The molecule has 0 aromatic heterocycles. The highest BCUT2D eigenvalue weighted by atomic mass is 16.5. The minimum absolute atomic E-state index is 0.163. The van der Waals surface area contributed by atoms with Gasteiger partial charge in [0, 0.05) is 7.11 Å². The third-order valence-electron chi connectivity index (χ3n) is 2.91. The van der Waals surface area contributed by atoms with E-state index in [4.69, 9.17) is 9.47 Å². The molecule has 0 unspecified atom stereocenters. The third-order valence-corrected chi connectivity index (χ3v) is 2.91. The van der Waals surface area contributed by atoms with Gasteiger partial charge in [0.1, 0.15) is 11.4 Å². The van der Waals surface area contributed by atoms with Crippen molar-refractivity contribution in [3.8, 4) is 5.75 Å². The molecule has 1 heterocycles. The Bertz CT molecular complexity index is 435. The summed E-state index contributed by atoms with van der Waals surface area (Å²) in [6.07, 6.45) is 1.26. The summed E-state index contributed by atoms with van der Waals surface area (Å²) in [5.74, 6) is 0.864. The number of ketones is 1. The van der Waals surface area contributed by atoms with Crippen LogP contribution in [0.5, 0.6) is 5.75 Å². The Morgan fingerprint density at radius 2 is 2.18 bits per heavy atom. The predicted octanol–water partition coefficient (Wildman–Crippen LogP) is 2.62. The Morgan fingerprint density at radius 3 is 2.88 bits per heavy atom. The maximum absolute atomic E-state index is 12.0. The lowest BCUT2D eigenvalue weighted by atomic mass is 9.92. The fourth-order valence-corrected chi connectivity index (χ4v) is 2.08. The molecule has 0 amide bonds. The molecule has 0 aliphatic carbocycles. The number of Topliss-reactive ketones (excluding diaryl/α,β-unsaturated/α-hetero) is 1. The van der Waals surface area contributed by atoms with Gasteiger partial charge >= 0.3 is 0 Å². The van der Waals surface area contributed by atoms with Gasteiger partial charge in [-0.1, -0.05) is 6.07 Å². The quantitative estimate of drug-likeness (QED) is 0.806. The minimum Gasteiger partial charge on any atom is -0.487 e. The van der Waals surface area contributed by atoms with Crippen LogP contribution in [0.3, 0.4) is 0 Å². The number of ether oxygens (including phenoxy) is 2. The SMILES string of the molecule is COCCc1ccc2c(c1)C(=O)CC(C)(C)O2. The second kappa shape index (κ2) is 4.49. The lowest BCUT2D eigenvalue weighted by Crippen LogP contribution is -2.35. The van der Waals surface area contributed by atoms with Crippen LogP contribution in [0, 0.1) is 0 Å². The molecule has 0 radical (unpaired) electrons. The number of hydrogen-bond acceptors (Lipinski definition) is 3. The van der Waals surface area contributed by atoms with Crippen molar-refractivity contribution in [1.82, 2.24) is 0 Å². The van der Waals surface area contributed by atoms with E-state index in [1.807, 2.05) is 32.0 Å². The molecular formula is C14H18O3. The number of methoxy groups -OCH3 is 1. The van der Waals surface area contributed by atoms with Crippen molar-refractivity contribution in [1.29, 1.82) is 0 Å². The summed E-state index contributed by atoms with van der Waals surface area (Å²) in [4.78, 5) is 12.0. The first-order chi connectivity index (χ1) is 8.02. The topological polar surface area (TPSA) is 35.5 Å². The van der Waals surface area contributed by atoms with Crippen molar-refractivity contribution in [2.75, 3.05) is 13.7 Å². The van der Waals surface area contributed by atoms with Crippen LogP contribution in [0.25, 0.3) is 0 Å². The lowest BCUT2D eigenvalue weighted by Gasteiger charge is -2.31. The molecule has 92 valence electrons. The first-order valence-electron chi connectivity index (χ1n) is 5.86. The van der Waals surface area contributed by atoms with Crippen molar-refractivity contribution >= 4 is 5.78 Å². The van der Waals surface area contributed by atoms with Gasteiger partial charge in [-0.3, -0.25) is 4.79 Å².